The first-order chi connectivity index (χ1) is 12.6. The van der Waals surface area contributed by atoms with Crippen molar-refractivity contribution < 1.29 is 24.2 Å². The SMILES string of the molecule is COCCN1C(=O)C(=O)/C(=C(/O)c2cccc(OC)c2)C1c1cccs1. The maximum absolute atomic E-state index is 12.7. The van der Waals surface area contributed by atoms with Crippen molar-refractivity contribution in [1.29, 1.82) is 0 Å². The molecule has 136 valence electrons. The lowest BCUT2D eigenvalue weighted by Crippen LogP contribution is -2.32. The monoisotopic (exact) mass is 373 g/mol. The quantitative estimate of drug-likeness (QED) is 0.479. The molecule has 1 N–H and O–H groups in total. The molecule has 1 aromatic heterocycles. The van der Waals surface area contributed by atoms with Crippen molar-refractivity contribution in [2.75, 3.05) is 27.4 Å². The average molecular weight is 373 g/mol. The number of amides is 1. The first-order valence-electron chi connectivity index (χ1n) is 8.03. The summed E-state index contributed by atoms with van der Waals surface area (Å²) in [6.07, 6.45) is 0. The number of thiophene rings is 1. The Bertz CT molecular complexity index is 843. The Balaban J connectivity index is 2.12. The lowest BCUT2D eigenvalue weighted by atomic mass is 10.00. The lowest BCUT2D eigenvalue weighted by molar-refractivity contribution is -0.140. The number of hydrogen-bond acceptors (Lipinski definition) is 6. The Morgan fingerprint density at radius 1 is 1.23 bits per heavy atom. The predicted octanol–water partition coefficient (Wildman–Crippen LogP) is 2.82. The number of carbonyl (C=O) groups is 2. The van der Waals surface area contributed by atoms with E-state index in [0.29, 0.717) is 17.9 Å². The molecule has 7 heteroatoms. The minimum Gasteiger partial charge on any atom is -0.507 e. The van der Waals surface area contributed by atoms with Gasteiger partial charge in [-0.1, -0.05) is 18.2 Å². The van der Waals surface area contributed by atoms with Crippen molar-refractivity contribution >= 4 is 28.8 Å². The first kappa shape index (κ1) is 18.2. The van der Waals surface area contributed by atoms with E-state index in [1.54, 1.807) is 24.3 Å². The molecular weight excluding hydrogens is 354 g/mol. The molecule has 6 nitrogen and oxygen atoms in total. The zero-order chi connectivity index (χ0) is 18.7. The van der Waals surface area contributed by atoms with Gasteiger partial charge in [-0.15, -0.1) is 11.3 Å². The van der Waals surface area contributed by atoms with Crippen LogP contribution in [0.15, 0.2) is 47.4 Å². The summed E-state index contributed by atoms with van der Waals surface area (Å²) in [6, 6.07) is 9.83. The molecule has 1 fully saturated rings. The van der Waals surface area contributed by atoms with E-state index >= 15 is 0 Å². The smallest absolute Gasteiger partial charge is 0.295 e. The van der Waals surface area contributed by atoms with Crippen LogP contribution in [-0.4, -0.2) is 49.1 Å². The van der Waals surface area contributed by atoms with E-state index in [0.717, 1.165) is 4.88 Å². The van der Waals surface area contributed by atoms with Gasteiger partial charge in [-0.05, 0) is 23.6 Å². The second kappa shape index (κ2) is 7.72. The third kappa shape index (κ3) is 3.23. The standard InChI is InChI=1S/C19H19NO5S/c1-24-9-8-20-16(14-7-4-10-26-14)15(18(22)19(20)23)17(21)12-5-3-6-13(11-12)25-2/h3-7,10-11,16,21H,8-9H2,1-2H3/b17-15+. The van der Waals surface area contributed by atoms with Gasteiger partial charge in [0, 0.05) is 24.1 Å². The summed E-state index contributed by atoms with van der Waals surface area (Å²) in [7, 11) is 3.06. The van der Waals surface area contributed by atoms with Crippen LogP contribution >= 0.6 is 11.3 Å². The second-order valence-electron chi connectivity index (χ2n) is 5.73. The van der Waals surface area contributed by atoms with Crippen LogP contribution in [0.5, 0.6) is 5.75 Å². The molecule has 0 bridgehead atoms. The molecule has 0 saturated carbocycles. The summed E-state index contributed by atoms with van der Waals surface area (Å²) in [5, 5.41) is 12.7. The molecule has 1 aromatic carbocycles. The fraction of sp³-hybridized carbons (Fsp3) is 0.263. The number of aliphatic hydroxyl groups is 1. The number of likely N-dealkylation sites (tertiary alicyclic amines) is 1. The van der Waals surface area contributed by atoms with E-state index in [1.807, 2.05) is 17.5 Å². The van der Waals surface area contributed by atoms with Crippen molar-refractivity contribution in [3.05, 3.63) is 57.8 Å². The summed E-state index contributed by atoms with van der Waals surface area (Å²) in [5.74, 6) is -0.986. The van der Waals surface area contributed by atoms with Gasteiger partial charge in [0.2, 0.25) is 0 Å². The van der Waals surface area contributed by atoms with Gasteiger partial charge in [0.05, 0.1) is 25.3 Å². The van der Waals surface area contributed by atoms with Crippen LogP contribution < -0.4 is 4.74 Å². The predicted molar refractivity (Wildman–Crippen MR) is 98.2 cm³/mol. The molecule has 1 unspecified atom stereocenters. The van der Waals surface area contributed by atoms with Crippen LogP contribution in [0.4, 0.5) is 0 Å². The minimum absolute atomic E-state index is 0.0850. The number of hydrogen-bond donors (Lipinski definition) is 1. The summed E-state index contributed by atoms with van der Waals surface area (Å²) >= 11 is 1.43. The van der Waals surface area contributed by atoms with E-state index in [4.69, 9.17) is 9.47 Å². The normalized spacial score (nSPS) is 19.2. The molecule has 1 amide bonds. The Kier molecular flexibility index (Phi) is 5.39. The van der Waals surface area contributed by atoms with Crippen molar-refractivity contribution in [2.24, 2.45) is 0 Å². The number of aliphatic hydroxyl groups excluding tert-OH is 1. The van der Waals surface area contributed by atoms with E-state index in [9.17, 15) is 14.7 Å². The number of Topliss-reactive ketones (excluding diaryl/α,β-unsaturated/α-hetero) is 1. The van der Waals surface area contributed by atoms with Gasteiger partial charge in [-0.2, -0.15) is 0 Å². The zero-order valence-electron chi connectivity index (χ0n) is 14.5. The summed E-state index contributed by atoms with van der Waals surface area (Å²) in [6.45, 7) is 0.562. The molecule has 1 aliphatic heterocycles. The van der Waals surface area contributed by atoms with E-state index in [-0.39, 0.29) is 17.9 Å². The van der Waals surface area contributed by atoms with Crippen LogP contribution in [0.25, 0.3) is 5.76 Å². The fourth-order valence-corrected chi connectivity index (χ4v) is 3.81. The maximum Gasteiger partial charge on any atom is 0.295 e. The topological polar surface area (TPSA) is 76.1 Å². The number of rotatable bonds is 6. The van der Waals surface area contributed by atoms with Crippen LogP contribution in [-0.2, 0) is 14.3 Å². The summed E-state index contributed by atoms with van der Waals surface area (Å²) in [4.78, 5) is 27.5. The number of methoxy groups -OCH3 is 2. The first-order valence-corrected chi connectivity index (χ1v) is 8.91. The fourth-order valence-electron chi connectivity index (χ4n) is 2.97. The van der Waals surface area contributed by atoms with E-state index in [2.05, 4.69) is 0 Å². The van der Waals surface area contributed by atoms with Gasteiger partial charge in [0.1, 0.15) is 11.5 Å². The number of benzene rings is 1. The van der Waals surface area contributed by atoms with Crippen molar-refractivity contribution in [3.8, 4) is 5.75 Å². The van der Waals surface area contributed by atoms with Crippen molar-refractivity contribution in [2.45, 2.75) is 6.04 Å². The summed E-state index contributed by atoms with van der Waals surface area (Å²) < 4.78 is 10.2. The highest BCUT2D eigenvalue weighted by Crippen LogP contribution is 2.41. The van der Waals surface area contributed by atoms with Gasteiger partial charge < -0.3 is 19.5 Å². The molecule has 2 aromatic rings. The van der Waals surface area contributed by atoms with Crippen molar-refractivity contribution in [3.63, 3.8) is 0 Å². The minimum atomic E-state index is -0.695. The molecule has 26 heavy (non-hydrogen) atoms. The van der Waals surface area contributed by atoms with Gasteiger partial charge in [0.25, 0.3) is 11.7 Å². The highest BCUT2D eigenvalue weighted by molar-refractivity contribution is 7.10. The zero-order valence-corrected chi connectivity index (χ0v) is 15.3. The largest absolute Gasteiger partial charge is 0.507 e. The molecule has 0 aliphatic carbocycles. The number of ether oxygens (including phenoxy) is 2. The summed E-state index contributed by atoms with van der Waals surface area (Å²) in [5.41, 5.74) is 0.512. The molecule has 0 spiro atoms. The number of ketones is 1. The van der Waals surface area contributed by atoms with Crippen LogP contribution in [0.1, 0.15) is 16.5 Å². The van der Waals surface area contributed by atoms with Crippen LogP contribution in [0.2, 0.25) is 0 Å². The maximum atomic E-state index is 12.7. The highest BCUT2D eigenvalue weighted by atomic mass is 32.1. The number of nitrogens with zero attached hydrogens (tertiary/aromatic N) is 1. The van der Waals surface area contributed by atoms with Crippen LogP contribution in [0.3, 0.4) is 0 Å². The van der Waals surface area contributed by atoms with Gasteiger partial charge in [-0.3, -0.25) is 9.59 Å². The Labute approximate surface area is 155 Å². The Morgan fingerprint density at radius 3 is 2.69 bits per heavy atom. The number of carbonyl (C=O) groups excluding carboxylic acids is 2. The van der Waals surface area contributed by atoms with Gasteiger partial charge >= 0.3 is 0 Å². The Hall–Kier alpha value is -2.64. The molecule has 1 saturated heterocycles. The highest BCUT2D eigenvalue weighted by Gasteiger charge is 2.46. The third-order valence-corrected chi connectivity index (χ3v) is 5.16. The second-order valence-corrected chi connectivity index (χ2v) is 6.71. The molecular formula is C19H19NO5S. The van der Waals surface area contributed by atoms with Crippen LogP contribution in [0, 0.1) is 0 Å². The van der Waals surface area contributed by atoms with E-state index < -0.39 is 17.7 Å². The molecule has 3 rings (SSSR count). The Morgan fingerprint density at radius 2 is 2.04 bits per heavy atom. The molecule has 1 atom stereocenters. The lowest BCUT2D eigenvalue weighted by Gasteiger charge is -2.23. The van der Waals surface area contributed by atoms with Gasteiger partial charge in [0.15, 0.2) is 0 Å². The molecule has 0 radical (unpaired) electrons. The third-order valence-electron chi connectivity index (χ3n) is 4.23. The van der Waals surface area contributed by atoms with Gasteiger partial charge in [-0.25, -0.2) is 0 Å². The van der Waals surface area contributed by atoms with E-state index in [1.165, 1.54) is 30.5 Å². The van der Waals surface area contributed by atoms with Crippen molar-refractivity contribution in [1.82, 2.24) is 4.90 Å². The molecule has 2 heterocycles. The average Bonchev–Trinajstić information content (AvgIpc) is 3.27. The molecule has 1 aliphatic rings.